The normalized spacial score (nSPS) is 11.6. The largest absolute Gasteiger partial charge is 0.465 e. The van der Waals surface area contributed by atoms with Gasteiger partial charge in [0.05, 0.1) is 36.9 Å². The molecule has 2 aromatic heterocycles. The maximum absolute atomic E-state index is 13.3. The van der Waals surface area contributed by atoms with Gasteiger partial charge in [-0.25, -0.2) is 13.4 Å². The number of anilines is 1. The maximum Gasteiger partial charge on any atom is 0.342 e. The first-order chi connectivity index (χ1) is 14.3. The summed E-state index contributed by atoms with van der Waals surface area (Å²) >= 11 is 0. The van der Waals surface area contributed by atoms with E-state index >= 15 is 0 Å². The lowest BCUT2D eigenvalue weighted by atomic mass is 10.1. The average Bonchev–Trinajstić information content (AvgIpc) is 3.06. The molecule has 10 nitrogen and oxygen atoms in total. The molecule has 30 heavy (non-hydrogen) atoms. The van der Waals surface area contributed by atoms with E-state index in [4.69, 9.17) is 9.84 Å². The van der Waals surface area contributed by atoms with Crippen molar-refractivity contribution < 1.29 is 31.6 Å². The van der Waals surface area contributed by atoms with Gasteiger partial charge < -0.3 is 15.2 Å². The Morgan fingerprint density at radius 1 is 1.30 bits per heavy atom. The first-order valence-electron chi connectivity index (χ1n) is 8.60. The minimum atomic E-state index is -3.93. The molecule has 0 aliphatic heterocycles. The van der Waals surface area contributed by atoms with E-state index < -0.39 is 46.4 Å². The number of hydrogen-bond acceptors (Lipinski definition) is 8. The molecule has 0 bridgehead atoms. The highest BCUT2D eigenvalue weighted by molar-refractivity contribution is 7.86. The smallest absolute Gasteiger partial charge is 0.342 e. The first kappa shape index (κ1) is 21.5. The lowest BCUT2D eigenvalue weighted by Gasteiger charge is -2.07. The summed E-state index contributed by atoms with van der Waals surface area (Å²) in [5.41, 5.74) is 0.545. The van der Waals surface area contributed by atoms with Crippen molar-refractivity contribution in [1.82, 2.24) is 9.61 Å². The molecule has 0 saturated carbocycles. The molecule has 12 heteroatoms. The van der Waals surface area contributed by atoms with E-state index in [2.05, 4.69) is 14.6 Å². The summed E-state index contributed by atoms with van der Waals surface area (Å²) in [6.45, 7) is -1.12. The summed E-state index contributed by atoms with van der Waals surface area (Å²) in [7, 11) is -2.74. The second kappa shape index (κ2) is 8.65. The van der Waals surface area contributed by atoms with Crippen LogP contribution in [-0.2, 0) is 19.0 Å². The summed E-state index contributed by atoms with van der Waals surface area (Å²) in [4.78, 5) is 24.8. The van der Waals surface area contributed by atoms with Crippen molar-refractivity contribution in [2.75, 3.05) is 31.5 Å². The molecule has 0 aliphatic carbocycles. The first-order valence-corrected chi connectivity index (χ1v) is 10.2. The number of nitrogens with zero attached hydrogens (tertiary/aromatic N) is 1. The Morgan fingerprint density at radius 3 is 2.63 bits per heavy atom. The van der Waals surface area contributed by atoms with Gasteiger partial charge in [0.25, 0.3) is 10.1 Å². The highest BCUT2D eigenvalue weighted by atomic mass is 32.2. The van der Waals surface area contributed by atoms with Gasteiger partial charge in [-0.05, 0) is 24.3 Å². The monoisotopic (exact) mass is 439 g/mol. The number of halogens is 1. The van der Waals surface area contributed by atoms with E-state index in [0.29, 0.717) is 11.3 Å². The molecule has 0 saturated heterocycles. The van der Waals surface area contributed by atoms with Crippen LogP contribution in [0.3, 0.4) is 0 Å². The van der Waals surface area contributed by atoms with Crippen molar-refractivity contribution in [1.29, 1.82) is 0 Å². The van der Waals surface area contributed by atoms with E-state index in [0.717, 1.165) is 0 Å². The Kier molecular flexibility index (Phi) is 6.20. The standard InChI is InChI=1S/C18H18FN3O7S/c1-28-18(25)16-14-8-15(24)13(20-10-29-30(26,27)7-6-23)9-22(14)21-17(16)11-2-4-12(19)5-3-11/h2-5,8-9,20-21,23H,6-7,10H2,1H3. The van der Waals surface area contributed by atoms with Crippen molar-refractivity contribution in [2.45, 2.75) is 0 Å². The molecule has 3 N–H and O–H groups in total. The Morgan fingerprint density at radius 2 is 2.00 bits per heavy atom. The van der Waals surface area contributed by atoms with Crippen molar-refractivity contribution in [3.8, 4) is 11.3 Å². The molecule has 3 aromatic rings. The molecule has 160 valence electrons. The molecule has 1 aromatic carbocycles. The summed E-state index contributed by atoms with van der Waals surface area (Å²) in [5.74, 6) is -1.73. The van der Waals surface area contributed by atoms with Gasteiger partial charge in [-0.3, -0.25) is 14.4 Å². The number of pyridine rings is 1. The van der Waals surface area contributed by atoms with Crippen LogP contribution in [0.5, 0.6) is 0 Å². The predicted octanol–water partition coefficient (Wildman–Crippen LogP) is 0.928. The van der Waals surface area contributed by atoms with Crippen molar-refractivity contribution >= 4 is 27.3 Å². The van der Waals surface area contributed by atoms with E-state index in [1.165, 1.54) is 48.2 Å². The number of rotatable bonds is 8. The molecule has 0 atom stereocenters. The van der Waals surface area contributed by atoms with E-state index in [1.54, 1.807) is 0 Å². The van der Waals surface area contributed by atoms with Crippen LogP contribution in [0.4, 0.5) is 10.1 Å². The van der Waals surface area contributed by atoms with Gasteiger partial charge in [0, 0.05) is 11.6 Å². The number of benzene rings is 1. The SMILES string of the molecule is COC(=O)c1c(-c2ccc(F)cc2)[nH]n2cc(NCOS(=O)(=O)CCO)c(=O)cc12. The Bertz CT molecular complexity index is 1230. The van der Waals surface area contributed by atoms with E-state index in [9.17, 15) is 22.4 Å². The lowest BCUT2D eigenvalue weighted by molar-refractivity contribution is 0.0603. The molecule has 3 rings (SSSR count). The Hall–Kier alpha value is -3.22. The van der Waals surface area contributed by atoms with Crippen LogP contribution in [0, 0.1) is 5.82 Å². The topological polar surface area (TPSA) is 139 Å². The summed E-state index contributed by atoms with van der Waals surface area (Å²) < 4.78 is 47.0. The van der Waals surface area contributed by atoms with Crippen LogP contribution in [0.2, 0.25) is 0 Å². The number of hydrogen-bond donors (Lipinski definition) is 3. The van der Waals surface area contributed by atoms with Crippen LogP contribution in [0.25, 0.3) is 16.8 Å². The molecular weight excluding hydrogens is 421 g/mol. The van der Waals surface area contributed by atoms with E-state index in [-0.39, 0.29) is 16.8 Å². The maximum atomic E-state index is 13.3. The number of fused-ring (bicyclic) bond motifs is 1. The molecule has 0 spiro atoms. The number of carbonyl (C=O) groups excluding carboxylic acids is 1. The summed E-state index contributed by atoms with van der Waals surface area (Å²) in [6.07, 6.45) is 1.32. The molecule has 0 amide bonds. The Labute approximate surface area is 170 Å². The minimum Gasteiger partial charge on any atom is -0.465 e. The van der Waals surface area contributed by atoms with Crippen molar-refractivity contribution in [3.63, 3.8) is 0 Å². The number of aliphatic hydroxyl groups excluding tert-OH is 1. The van der Waals surface area contributed by atoms with Gasteiger partial charge >= 0.3 is 5.97 Å². The van der Waals surface area contributed by atoms with Gasteiger partial charge in [0.2, 0.25) is 5.43 Å². The summed E-state index contributed by atoms with van der Waals surface area (Å²) in [5, 5.41) is 14.2. The van der Waals surface area contributed by atoms with Crippen LogP contribution in [-0.4, -0.2) is 55.3 Å². The lowest BCUT2D eigenvalue weighted by Crippen LogP contribution is -2.20. The second-order valence-corrected chi connectivity index (χ2v) is 7.85. The van der Waals surface area contributed by atoms with E-state index in [1.807, 2.05) is 0 Å². The Balaban J connectivity index is 2.00. The van der Waals surface area contributed by atoms with Crippen LogP contribution >= 0.6 is 0 Å². The zero-order valence-corrected chi connectivity index (χ0v) is 16.5. The number of ether oxygens (including phenoxy) is 1. The molecule has 2 heterocycles. The molecular formula is C18H18FN3O7S. The third kappa shape index (κ3) is 4.50. The number of carbonyl (C=O) groups is 1. The van der Waals surface area contributed by atoms with Crippen molar-refractivity contribution in [2.24, 2.45) is 0 Å². The number of nitrogens with one attached hydrogen (secondary N) is 2. The third-order valence-corrected chi connectivity index (χ3v) is 5.31. The predicted molar refractivity (Wildman–Crippen MR) is 105 cm³/mol. The average molecular weight is 439 g/mol. The minimum absolute atomic E-state index is 0.00461. The second-order valence-electron chi connectivity index (χ2n) is 6.09. The van der Waals surface area contributed by atoms with Crippen LogP contribution in [0.1, 0.15) is 10.4 Å². The number of esters is 1. The van der Waals surface area contributed by atoms with Gasteiger partial charge in [0.15, 0.2) is 0 Å². The fraction of sp³-hybridized carbons (Fsp3) is 0.222. The van der Waals surface area contributed by atoms with Gasteiger partial charge in [-0.15, -0.1) is 0 Å². The van der Waals surface area contributed by atoms with Crippen LogP contribution in [0.15, 0.2) is 41.3 Å². The molecule has 0 fully saturated rings. The van der Waals surface area contributed by atoms with Gasteiger partial charge in [0.1, 0.15) is 23.8 Å². The third-order valence-electron chi connectivity index (χ3n) is 4.15. The fourth-order valence-corrected chi connectivity index (χ4v) is 3.34. The molecule has 0 unspecified atom stereocenters. The molecule has 0 radical (unpaired) electrons. The van der Waals surface area contributed by atoms with Crippen LogP contribution < -0.4 is 10.7 Å². The van der Waals surface area contributed by atoms with Crippen molar-refractivity contribution in [3.05, 3.63) is 58.1 Å². The number of aromatic nitrogens is 2. The highest BCUT2D eigenvalue weighted by Gasteiger charge is 2.22. The summed E-state index contributed by atoms with van der Waals surface area (Å²) in [6, 6.07) is 6.54. The number of aliphatic hydroxyl groups is 1. The number of methoxy groups -OCH3 is 1. The zero-order chi connectivity index (χ0) is 21.9. The highest BCUT2D eigenvalue weighted by Crippen LogP contribution is 2.27. The number of aromatic amines is 1. The molecule has 0 aliphatic rings. The zero-order valence-electron chi connectivity index (χ0n) is 15.7. The quantitative estimate of drug-likeness (QED) is 0.268. The van der Waals surface area contributed by atoms with Gasteiger partial charge in [-0.2, -0.15) is 8.42 Å². The fourth-order valence-electron chi connectivity index (χ4n) is 2.76. The van der Waals surface area contributed by atoms with Gasteiger partial charge in [-0.1, -0.05) is 0 Å². The number of H-pyrrole nitrogens is 1.